The fourth-order valence-electron chi connectivity index (χ4n) is 4.88. The van der Waals surface area contributed by atoms with Crippen molar-refractivity contribution in [3.8, 4) is 0 Å². The summed E-state index contributed by atoms with van der Waals surface area (Å²) in [4.78, 5) is 39.8. The molecule has 0 unspecified atom stereocenters. The zero-order chi connectivity index (χ0) is 28.7. The number of ether oxygens (including phenoxy) is 2. The third-order valence-corrected chi connectivity index (χ3v) is 7.06. The van der Waals surface area contributed by atoms with E-state index >= 15 is 0 Å². The van der Waals surface area contributed by atoms with Crippen LogP contribution in [0, 0.1) is 11.8 Å². The molecule has 2 aromatic rings. The van der Waals surface area contributed by atoms with Crippen LogP contribution >= 0.6 is 0 Å². The first-order valence-corrected chi connectivity index (χ1v) is 14.0. The molecule has 5 atom stereocenters. The summed E-state index contributed by atoms with van der Waals surface area (Å²) in [6, 6.07) is 18.2. The lowest BCUT2D eigenvalue weighted by Crippen LogP contribution is -2.47. The van der Waals surface area contributed by atoms with Gasteiger partial charge in [0.15, 0.2) is 0 Å². The minimum Gasteiger partial charge on any atom is -0.455 e. The molecular weight excluding hydrogens is 508 g/mol. The lowest BCUT2D eigenvalue weighted by Gasteiger charge is -2.31. The first-order chi connectivity index (χ1) is 19.4. The Balaban J connectivity index is 1.91. The van der Waals surface area contributed by atoms with E-state index < -0.39 is 24.1 Å². The maximum Gasteiger partial charge on any atom is 0.309 e. The summed E-state index contributed by atoms with van der Waals surface area (Å²) in [5, 5.41) is 15.0. The highest BCUT2D eigenvalue weighted by Crippen LogP contribution is 2.27. The first-order valence-electron chi connectivity index (χ1n) is 14.0. The number of benzene rings is 2. The third-order valence-electron chi connectivity index (χ3n) is 7.06. The van der Waals surface area contributed by atoms with Crippen molar-refractivity contribution in [2.24, 2.45) is 11.8 Å². The SMILES string of the molecule is COC[C@@H]1NC(=O)[C@@H](CC(=O)N[C@@H](C)CO)CC=CCCC[C@H](Cc2ccccc2)C(=O)O[C@H]1c1ccccc1. The molecule has 40 heavy (non-hydrogen) atoms. The molecule has 0 spiro atoms. The number of allylic oxidation sites excluding steroid dienone is 2. The number of rotatable bonds is 9. The number of aliphatic hydroxyl groups is 1. The van der Waals surface area contributed by atoms with Gasteiger partial charge in [0.25, 0.3) is 0 Å². The fraction of sp³-hybridized carbons (Fsp3) is 0.469. The molecule has 8 nitrogen and oxygen atoms in total. The van der Waals surface area contributed by atoms with Crippen molar-refractivity contribution in [3.05, 3.63) is 83.9 Å². The number of hydrogen-bond donors (Lipinski definition) is 3. The number of nitrogens with one attached hydrogen (secondary N) is 2. The van der Waals surface area contributed by atoms with Crippen LogP contribution in [0.3, 0.4) is 0 Å². The van der Waals surface area contributed by atoms with Crippen molar-refractivity contribution in [1.29, 1.82) is 0 Å². The Hall–Kier alpha value is -3.49. The fourth-order valence-corrected chi connectivity index (χ4v) is 4.88. The molecule has 0 aliphatic carbocycles. The van der Waals surface area contributed by atoms with Gasteiger partial charge >= 0.3 is 5.97 Å². The predicted octanol–water partition coefficient (Wildman–Crippen LogP) is 3.89. The smallest absolute Gasteiger partial charge is 0.309 e. The normalized spacial score (nSPS) is 23.4. The number of aliphatic hydroxyl groups excluding tert-OH is 1. The van der Waals surface area contributed by atoms with Crippen LogP contribution in [0.25, 0.3) is 0 Å². The highest BCUT2D eigenvalue weighted by atomic mass is 16.5. The molecule has 2 amide bonds. The Morgan fingerprint density at radius 2 is 1.77 bits per heavy atom. The van der Waals surface area contributed by atoms with Crippen LogP contribution in [0.5, 0.6) is 0 Å². The monoisotopic (exact) mass is 550 g/mol. The van der Waals surface area contributed by atoms with E-state index in [0.717, 1.165) is 24.0 Å². The third kappa shape index (κ3) is 9.92. The number of carbonyl (C=O) groups is 3. The van der Waals surface area contributed by atoms with Gasteiger partial charge < -0.3 is 25.2 Å². The molecule has 0 saturated carbocycles. The molecule has 8 heteroatoms. The maximum absolute atomic E-state index is 13.7. The quantitative estimate of drug-likeness (QED) is 0.322. The standard InChI is InChI=1S/C32H42N2O6/c1-23(21-35)33-29(36)20-26-17-9-3-4-10-18-27(19-24-13-7-5-8-14-24)32(38)40-30(25-15-11-6-12-16-25)28(22-39-2)34-31(26)37/h3,5-9,11-16,23,26-28,30,35H,4,10,17-22H2,1-2H3,(H,33,36)(H,34,37)/t23-,26+,27+,28-,30-/m0/s1. The number of cyclic esters (lactones) is 1. The second-order valence-electron chi connectivity index (χ2n) is 10.4. The maximum atomic E-state index is 13.7. The van der Waals surface area contributed by atoms with Gasteiger partial charge in [0.1, 0.15) is 6.10 Å². The Labute approximate surface area is 237 Å². The molecule has 2 aromatic carbocycles. The largest absolute Gasteiger partial charge is 0.455 e. The van der Waals surface area contributed by atoms with Crippen molar-refractivity contribution in [2.75, 3.05) is 20.3 Å². The lowest BCUT2D eigenvalue weighted by molar-refractivity contribution is -0.158. The molecule has 1 aliphatic heterocycles. The molecule has 0 radical (unpaired) electrons. The number of esters is 1. The van der Waals surface area contributed by atoms with Gasteiger partial charge in [-0.2, -0.15) is 0 Å². The summed E-state index contributed by atoms with van der Waals surface area (Å²) in [6.07, 6.45) is 6.26. The number of methoxy groups -OCH3 is 1. The van der Waals surface area contributed by atoms with Crippen molar-refractivity contribution in [2.45, 2.75) is 63.6 Å². The van der Waals surface area contributed by atoms with Crippen LogP contribution in [0.4, 0.5) is 0 Å². The molecule has 1 heterocycles. The Morgan fingerprint density at radius 3 is 2.45 bits per heavy atom. The molecule has 3 rings (SSSR count). The molecule has 1 aliphatic rings. The summed E-state index contributed by atoms with van der Waals surface area (Å²) in [5.74, 6) is -1.93. The Kier molecular flexibility index (Phi) is 12.9. The average molecular weight is 551 g/mol. The summed E-state index contributed by atoms with van der Waals surface area (Å²) in [6.45, 7) is 1.62. The highest BCUT2D eigenvalue weighted by molar-refractivity contribution is 5.86. The van der Waals surface area contributed by atoms with E-state index in [1.54, 1.807) is 6.92 Å². The topological polar surface area (TPSA) is 114 Å². The van der Waals surface area contributed by atoms with Gasteiger partial charge in [-0.25, -0.2) is 0 Å². The highest BCUT2D eigenvalue weighted by Gasteiger charge is 2.33. The summed E-state index contributed by atoms with van der Waals surface area (Å²) >= 11 is 0. The lowest BCUT2D eigenvalue weighted by atomic mass is 9.92. The van der Waals surface area contributed by atoms with Crippen molar-refractivity contribution in [1.82, 2.24) is 10.6 Å². The molecular formula is C32H42N2O6. The summed E-state index contributed by atoms with van der Waals surface area (Å²) in [7, 11) is 1.53. The van der Waals surface area contributed by atoms with Crippen LogP contribution < -0.4 is 10.6 Å². The minimum atomic E-state index is -0.779. The van der Waals surface area contributed by atoms with Gasteiger partial charge in [-0.3, -0.25) is 14.4 Å². The summed E-state index contributed by atoms with van der Waals surface area (Å²) < 4.78 is 11.7. The van der Waals surface area contributed by atoms with E-state index in [0.29, 0.717) is 19.3 Å². The van der Waals surface area contributed by atoms with Crippen molar-refractivity contribution < 1.29 is 29.0 Å². The zero-order valence-corrected chi connectivity index (χ0v) is 23.5. The summed E-state index contributed by atoms with van der Waals surface area (Å²) in [5.41, 5.74) is 1.81. The van der Waals surface area contributed by atoms with E-state index in [9.17, 15) is 19.5 Å². The molecule has 0 aromatic heterocycles. The van der Waals surface area contributed by atoms with E-state index in [1.165, 1.54) is 7.11 Å². The van der Waals surface area contributed by atoms with E-state index in [-0.39, 0.29) is 43.3 Å². The van der Waals surface area contributed by atoms with Crippen LogP contribution in [0.15, 0.2) is 72.8 Å². The first kappa shape index (κ1) is 31.0. The van der Waals surface area contributed by atoms with E-state index in [4.69, 9.17) is 9.47 Å². The molecule has 0 saturated heterocycles. The van der Waals surface area contributed by atoms with Crippen LogP contribution in [-0.4, -0.2) is 55.3 Å². The average Bonchev–Trinajstić information content (AvgIpc) is 2.96. The van der Waals surface area contributed by atoms with Gasteiger partial charge in [-0.05, 0) is 50.2 Å². The van der Waals surface area contributed by atoms with Crippen molar-refractivity contribution in [3.63, 3.8) is 0 Å². The van der Waals surface area contributed by atoms with Crippen LogP contribution in [-0.2, 0) is 30.3 Å². The van der Waals surface area contributed by atoms with Gasteiger partial charge in [0, 0.05) is 19.6 Å². The second kappa shape index (κ2) is 16.6. The molecule has 216 valence electrons. The zero-order valence-electron chi connectivity index (χ0n) is 23.5. The van der Waals surface area contributed by atoms with Crippen molar-refractivity contribution >= 4 is 17.8 Å². The van der Waals surface area contributed by atoms with Gasteiger partial charge in [-0.15, -0.1) is 0 Å². The van der Waals surface area contributed by atoms with Gasteiger partial charge in [0.05, 0.1) is 31.1 Å². The number of carbonyl (C=O) groups excluding carboxylic acids is 3. The Bertz CT molecular complexity index is 1090. The Morgan fingerprint density at radius 1 is 1.07 bits per heavy atom. The second-order valence-corrected chi connectivity index (χ2v) is 10.4. The van der Waals surface area contributed by atoms with E-state index in [1.807, 2.05) is 72.8 Å². The molecule has 0 fully saturated rings. The molecule has 0 bridgehead atoms. The van der Waals surface area contributed by atoms with Crippen LogP contribution in [0.2, 0.25) is 0 Å². The van der Waals surface area contributed by atoms with Gasteiger partial charge in [-0.1, -0.05) is 72.8 Å². The predicted molar refractivity (Wildman–Crippen MR) is 153 cm³/mol. The molecule has 3 N–H and O–H groups in total. The minimum absolute atomic E-state index is 0.0326. The number of amides is 2. The van der Waals surface area contributed by atoms with E-state index in [2.05, 4.69) is 10.6 Å². The van der Waals surface area contributed by atoms with Crippen LogP contribution in [0.1, 0.15) is 56.3 Å². The van der Waals surface area contributed by atoms with Gasteiger partial charge in [0.2, 0.25) is 11.8 Å². The number of hydrogen-bond acceptors (Lipinski definition) is 6.